The largest absolute Gasteiger partial charge is 1.00 e. The predicted molar refractivity (Wildman–Crippen MR) is 105 cm³/mol. The third kappa shape index (κ3) is 3.22. The molecule has 156 valence electrons. The molecule has 0 saturated carbocycles. The number of aliphatic carboxylic acids is 1. The van der Waals surface area contributed by atoms with Gasteiger partial charge in [0.25, 0.3) is 11.8 Å². The number of aromatic nitrogens is 1. The fourth-order valence-corrected chi connectivity index (χ4v) is 5.14. The summed E-state index contributed by atoms with van der Waals surface area (Å²) in [7, 11) is 0. The van der Waals surface area contributed by atoms with E-state index in [9.17, 15) is 24.3 Å². The molecule has 1 N–H and O–H groups in total. The molecule has 0 aromatic carbocycles. The van der Waals surface area contributed by atoms with Gasteiger partial charge in [0.2, 0.25) is 5.91 Å². The Morgan fingerprint density at radius 3 is 2.74 bits per heavy atom. The van der Waals surface area contributed by atoms with Gasteiger partial charge in [-0.2, -0.15) is 0 Å². The van der Waals surface area contributed by atoms with Crippen LogP contribution in [-0.4, -0.2) is 68.8 Å². The number of hydrogen-bond acceptors (Lipinski definition) is 5. The molecule has 3 fully saturated rings. The van der Waals surface area contributed by atoms with Crippen molar-refractivity contribution in [3.05, 3.63) is 47.4 Å². The molecule has 5 rings (SSSR count). The average molecular weight is 432 g/mol. The molecule has 1 aromatic rings. The second kappa shape index (κ2) is 7.89. The Labute approximate surface area is 202 Å². The Morgan fingerprint density at radius 1 is 1.32 bits per heavy atom. The quantitative estimate of drug-likeness (QED) is 0.326. The van der Waals surface area contributed by atoms with Crippen LogP contribution in [0.2, 0.25) is 0 Å². The number of carbonyl (C=O) groups excluding carboxylic acids is 3. The van der Waals surface area contributed by atoms with E-state index >= 15 is 0 Å². The van der Waals surface area contributed by atoms with Crippen LogP contribution < -0.4 is 34.5 Å². The smallest absolute Gasteiger partial charge is 1.00 e. The van der Waals surface area contributed by atoms with E-state index in [0.717, 1.165) is 0 Å². The summed E-state index contributed by atoms with van der Waals surface area (Å²) in [6.45, 7) is 2.33. The van der Waals surface area contributed by atoms with Gasteiger partial charge in [-0.1, -0.05) is 0 Å². The van der Waals surface area contributed by atoms with Crippen molar-refractivity contribution in [3.8, 4) is 0 Å². The first-order valence-corrected chi connectivity index (χ1v) is 9.87. The number of nitrogens with zero attached hydrogens (tertiary/aromatic N) is 4. The van der Waals surface area contributed by atoms with E-state index in [1.165, 1.54) is 16.7 Å². The van der Waals surface area contributed by atoms with Crippen LogP contribution in [0.3, 0.4) is 0 Å². The molecular formula is C21H21N4NaO5. The van der Waals surface area contributed by atoms with Gasteiger partial charge in [0.05, 0.1) is 17.9 Å². The van der Waals surface area contributed by atoms with Crippen molar-refractivity contribution in [1.29, 1.82) is 0 Å². The van der Waals surface area contributed by atoms with E-state index in [1.807, 2.05) is 0 Å². The van der Waals surface area contributed by atoms with E-state index < -0.39 is 12.0 Å². The van der Waals surface area contributed by atoms with E-state index in [0.29, 0.717) is 42.8 Å². The first kappa shape index (κ1) is 21.7. The second-order valence-electron chi connectivity index (χ2n) is 8.05. The van der Waals surface area contributed by atoms with Crippen LogP contribution in [0.4, 0.5) is 5.69 Å². The van der Waals surface area contributed by atoms with Gasteiger partial charge in [-0.05, 0) is 36.6 Å². The van der Waals surface area contributed by atoms with E-state index in [1.54, 1.807) is 35.5 Å². The molecule has 10 heteroatoms. The Kier molecular flexibility index (Phi) is 5.53. The normalized spacial score (nSPS) is 28.0. The molecular weight excluding hydrogens is 411 g/mol. The summed E-state index contributed by atoms with van der Waals surface area (Å²) in [6, 6.07) is 2.70. The molecule has 3 saturated heterocycles. The van der Waals surface area contributed by atoms with Crippen molar-refractivity contribution >= 4 is 29.4 Å². The van der Waals surface area contributed by atoms with Gasteiger partial charge < -0.3 is 16.3 Å². The Bertz CT molecular complexity index is 1060. The molecule has 3 amide bonds. The number of amides is 3. The standard InChI is InChI=1S/C21H20N4O5.Na.H/c1-11(26)24-10-14-8-13(17(21(29)30)25-16(14)18(24)20(25)28)7-12-4-6-23(19(12)27)15-3-2-5-22-9-15;;/h2-3,5,7,9,14,16,18H,4,6,8,10H2,1H3,(H,29,30);;/q;+1;-1/b12-7+;;/t14-,16-,18+;;/m1../s1. The molecule has 0 unspecified atom stereocenters. The number of rotatable bonds is 3. The number of likely N-dealkylation sites (tertiary alicyclic amines) is 1. The number of hydrogen-bond donors (Lipinski definition) is 1. The SMILES string of the molecule is CC(=O)N1C[C@H]2CC(/C=C3\CCN(c4cccnc4)C3=O)=C(C(=O)O)N3C(=O)[C@@H]1[C@@H]23.[H-].[Na+]. The molecule has 0 bridgehead atoms. The number of carbonyl (C=O) groups is 4. The fraction of sp³-hybridized carbons (Fsp3) is 0.381. The van der Waals surface area contributed by atoms with Gasteiger partial charge in [0, 0.05) is 37.7 Å². The van der Waals surface area contributed by atoms with Gasteiger partial charge in [-0.25, -0.2) is 4.79 Å². The number of anilines is 1. The van der Waals surface area contributed by atoms with Crippen molar-refractivity contribution in [2.75, 3.05) is 18.0 Å². The Hall–Kier alpha value is -2.49. The first-order chi connectivity index (χ1) is 14.4. The van der Waals surface area contributed by atoms with Crippen LogP contribution in [0.25, 0.3) is 0 Å². The number of carboxylic acids is 1. The summed E-state index contributed by atoms with van der Waals surface area (Å²) >= 11 is 0. The van der Waals surface area contributed by atoms with Gasteiger partial charge in [0.1, 0.15) is 11.7 Å². The van der Waals surface area contributed by atoms with Gasteiger partial charge in [0.15, 0.2) is 0 Å². The zero-order chi connectivity index (χ0) is 21.2. The van der Waals surface area contributed by atoms with Crippen molar-refractivity contribution in [1.82, 2.24) is 14.8 Å². The molecule has 5 heterocycles. The number of pyridine rings is 1. The summed E-state index contributed by atoms with van der Waals surface area (Å²) < 4.78 is 0. The molecule has 0 radical (unpaired) electrons. The van der Waals surface area contributed by atoms with Gasteiger partial charge in [-0.15, -0.1) is 0 Å². The summed E-state index contributed by atoms with van der Waals surface area (Å²) in [5.74, 6) is -1.95. The molecule has 1 aromatic heterocycles. The minimum Gasteiger partial charge on any atom is -1.00 e. The molecule has 4 aliphatic rings. The van der Waals surface area contributed by atoms with Crippen LogP contribution in [0.5, 0.6) is 0 Å². The molecule has 3 atom stereocenters. The van der Waals surface area contributed by atoms with Gasteiger partial charge >= 0.3 is 35.5 Å². The topological polar surface area (TPSA) is 111 Å². The number of allylic oxidation sites excluding steroid dienone is 2. The number of carboxylic acid groups (broad SMARTS) is 1. The van der Waals surface area contributed by atoms with E-state index in [4.69, 9.17) is 0 Å². The summed E-state index contributed by atoms with van der Waals surface area (Å²) in [5.41, 5.74) is 1.60. The van der Waals surface area contributed by atoms with Crippen LogP contribution >= 0.6 is 0 Å². The zero-order valence-electron chi connectivity index (χ0n) is 18.3. The predicted octanol–water partition coefficient (Wildman–Crippen LogP) is -2.34. The van der Waals surface area contributed by atoms with Crippen molar-refractivity contribution in [3.63, 3.8) is 0 Å². The minimum absolute atomic E-state index is 0. The van der Waals surface area contributed by atoms with E-state index in [2.05, 4.69) is 4.98 Å². The maximum absolute atomic E-state index is 12.9. The molecule has 0 spiro atoms. The maximum atomic E-state index is 12.9. The van der Waals surface area contributed by atoms with Crippen LogP contribution in [0.15, 0.2) is 47.4 Å². The molecule has 9 nitrogen and oxygen atoms in total. The van der Waals surface area contributed by atoms with Crippen molar-refractivity contribution in [2.24, 2.45) is 5.92 Å². The zero-order valence-corrected chi connectivity index (χ0v) is 19.3. The Balaban J connectivity index is 0.00000144. The summed E-state index contributed by atoms with van der Waals surface area (Å²) in [5, 5.41) is 9.82. The minimum atomic E-state index is -1.19. The van der Waals surface area contributed by atoms with Crippen molar-refractivity contribution < 1.29 is 55.3 Å². The number of β-lactam (4-membered cyclic amide) rings is 1. The van der Waals surface area contributed by atoms with Crippen LogP contribution in [0.1, 0.15) is 21.2 Å². The molecule has 0 aliphatic carbocycles. The second-order valence-corrected chi connectivity index (χ2v) is 8.05. The fourth-order valence-electron chi connectivity index (χ4n) is 5.14. The van der Waals surface area contributed by atoms with Crippen LogP contribution in [-0.2, 0) is 19.2 Å². The summed E-state index contributed by atoms with van der Waals surface area (Å²) in [4.78, 5) is 58.1. The Morgan fingerprint density at radius 2 is 2.10 bits per heavy atom. The average Bonchev–Trinajstić information content (AvgIpc) is 3.27. The summed E-state index contributed by atoms with van der Waals surface area (Å²) in [6.07, 6.45) is 5.78. The maximum Gasteiger partial charge on any atom is 1.00 e. The third-order valence-electron chi connectivity index (χ3n) is 6.43. The van der Waals surface area contributed by atoms with Crippen molar-refractivity contribution in [2.45, 2.75) is 31.8 Å². The molecule has 31 heavy (non-hydrogen) atoms. The van der Waals surface area contributed by atoms with E-state index in [-0.39, 0.29) is 66.4 Å². The monoisotopic (exact) mass is 432 g/mol. The third-order valence-corrected chi connectivity index (χ3v) is 6.43. The van der Waals surface area contributed by atoms with Crippen LogP contribution in [0, 0.1) is 5.92 Å². The van der Waals surface area contributed by atoms with Gasteiger partial charge in [-0.3, -0.25) is 24.3 Å². The molecule has 4 aliphatic heterocycles. The first-order valence-electron chi connectivity index (χ1n) is 9.87.